The Morgan fingerprint density at radius 3 is 2.82 bits per heavy atom. The average Bonchev–Trinajstić information content (AvgIpc) is 3.52. The van der Waals surface area contributed by atoms with Crippen molar-refractivity contribution in [1.29, 1.82) is 0 Å². The third-order valence-electron chi connectivity index (χ3n) is 5.89. The van der Waals surface area contributed by atoms with E-state index in [1.807, 2.05) is 5.38 Å². The molecule has 0 bridgehead atoms. The first-order valence-corrected chi connectivity index (χ1v) is 10.6. The fourth-order valence-electron chi connectivity index (χ4n) is 4.16. The monoisotopic (exact) mass is 403 g/mol. The summed E-state index contributed by atoms with van der Waals surface area (Å²) in [6, 6.07) is -0.0680. The van der Waals surface area contributed by atoms with E-state index in [1.165, 1.54) is 11.3 Å². The van der Waals surface area contributed by atoms with E-state index in [9.17, 15) is 14.7 Å². The maximum atomic E-state index is 12.8. The second-order valence-electron chi connectivity index (χ2n) is 7.62. The zero-order valence-electron chi connectivity index (χ0n) is 15.9. The van der Waals surface area contributed by atoms with Crippen LogP contribution in [0.2, 0.25) is 0 Å². The van der Waals surface area contributed by atoms with Crippen LogP contribution in [-0.4, -0.2) is 73.8 Å². The zero-order chi connectivity index (χ0) is 19.7. The fraction of sp³-hybridized carbons (Fsp3) is 0.579. The number of hydrogen-bond acceptors (Lipinski definition) is 6. The highest BCUT2D eigenvalue weighted by Gasteiger charge is 2.36. The Hall–Kier alpha value is -2.26. The highest BCUT2D eigenvalue weighted by molar-refractivity contribution is 7.12. The third kappa shape index (κ3) is 3.68. The van der Waals surface area contributed by atoms with Crippen LogP contribution in [0.25, 0.3) is 5.13 Å². The van der Waals surface area contributed by atoms with Crippen LogP contribution in [0.3, 0.4) is 0 Å². The van der Waals surface area contributed by atoms with Crippen LogP contribution >= 0.6 is 11.3 Å². The molecule has 9 heteroatoms. The normalized spacial score (nSPS) is 21.2. The summed E-state index contributed by atoms with van der Waals surface area (Å²) in [7, 11) is 1.74. The number of hydrogen-bond donors (Lipinski definition) is 1. The lowest BCUT2D eigenvalue weighted by atomic mass is 9.99. The molecule has 2 atom stereocenters. The number of aromatic nitrogens is 3. The summed E-state index contributed by atoms with van der Waals surface area (Å²) < 4.78 is 1.60. The molecule has 2 unspecified atom stereocenters. The summed E-state index contributed by atoms with van der Waals surface area (Å²) in [4.78, 5) is 33.0. The van der Waals surface area contributed by atoms with Crippen LogP contribution in [0, 0.1) is 5.92 Å². The number of carbonyl (C=O) groups excluding carboxylic acids is 2. The van der Waals surface area contributed by atoms with Gasteiger partial charge in [0.1, 0.15) is 6.10 Å². The topological polar surface area (TPSA) is 91.6 Å². The zero-order valence-corrected chi connectivity index (χ0v) is 16.7. The van der Waals surface area contributed by atoms with Crippen molar-refractivity contribution in [3.8, 4) is 5.13 Å². The van der Waals surface area contributed by atoms with Gasteiger partial charge in [0.25, 0.3) is 11.8 Å². The van der Waals surface area contributed by atoms with Gasteiger partial charge in [0, 0.05) is 37.9 Å². The smallest absolute Gasteiger partial charge is 0.257 e. The first kappa shape index (κ1) is 19.1. The van der Waals surface area contributed by atoms with E-state index in [0.717, 1.165) is 25.7 Å². The van der Waals surface area contributed by atoms with Crippen LogP contribution in [-0.2, 0) is 4.79 Å². The molecule has 0 aromatic carbocycles. The van der Waals surface area contributed by atoms with E-state index in [1.54, 1.807) is 40.1 Å². The van der Waals surface area contributed by atoms with Crippen LogP contribution in [0.5, 0.6) is 0 Å². The predicted molar refractivity (Wildman–Crippen MR) is 104 cm³/mol. The molecule has 2 amide bonds. The van der Waals surface area contributed by atoms with Crippen molar-refractivity contribution in [2.75, 3.05) is 20.1 Å². The minimum Gasteiger partial charge on any atom is -0.383 e. The van der Waals surface area contributed by atoms with Crippen molar-refractivity contribution >= 4 is 23.2 Å². The SMILES string of the molecule is CN(C(=O)C(O)C1CCCC1)C1CCN(C(=O)c2cnn(-c3nccs3)c2)C1. The lowest BCUT2D eigenvalue weighted by molar-refractivity contribution is -0.143. The van der Waals surface area contributed by atoms with E-state index < -0.39 is 6.10 Å². The number of aliphatic hydroxyl groups excluding tert-OH is 1. The predicted octanol–water partition coefficient (Wildman–Crippen LogP) is 1.55. The van der Waals surface area contributed by atoms with Crippen LogP contribution in [0.1, 0.15) is 42.5 Å². The van der Waals surface area contributed by atoms with E-state index in [0.29, 0.717) is 30.2 Å². The van der Waals surface area contributed by atoms with Gasteiger partial charge in [0.05, 0.1) is 17.8 Å². The molecule has 2 aromatic heterocycles. The molecule has 2 aliphatic rings. The summed E-state index contributed by atoms with van der Waals surface area (Å²) >= 11 is 1.45. The Balaban J connectivity index is 1.36. The van der Waals surface area contributed by atoms with Crippen molar-refractivity contribution in [1.82, 2.24) is 24.6 Å². The number of likely N-dealkylation sites (N-methyl/N-ethyl adjacent to an activating group) is 1. The van der Waals surface area contributed by atoms with E-state index in [4.69, 9.17) is 0 Å². The van der Waals surface area contributed by atoms with Crippen molar-refractivity contribution in [2.24, 2.45) is 5.92 Å². The summed E-state index contributed by atoms with van der Waals surface area (Å²) in [6.45, 7) is 1.06. The molecule has 4 rings (SSSR count). The molecule has 1 aliphatic carbocycles. The second-order valence-corrected chi connectivity index (χ2v) is 8.49. The quantitative estimate of drug-likeness (QED) is 0.818. The Bertz CT molecular complexity index is 831. The number of amides is 2. The first-order chi connectivity index (χ1) is 13.5. The van der Waals surface area contributed by atoms with Gasteiger partial charge in [-0.1, -0.05) is 12.8 Å². The molecule has 3 heterocycles. The Morgan fingerprint density at radius 2 is 2.11 bits per heavy atom. The summed E-state index contributed by atoms with van der Waals surface area (Å²) in [6.07, 6.45) is 8.72. The average molecular weight is 404 g/mol. The maximum absolute atomic E-state index is 12.8. The van der Waals surface area contributed by atoms with E-state index in [2.05, 4.69) is 10.1 Å². The number of thiazole rings is 1. The highest BCUT2D eigenvalue weighted by atomic mass is 32.1. The number of nitrogens with zero attached hydrogens (tertiary/aromatic N) is 5. The molecule has 8 nitrogen and oxygen atoms in total. The number of carbonyl (C=O) groups is 2. The molecule has 1 saturated carbocycles. The van der Waals surface area contributed by atoms with Gasteiger partial charge in [-0.15, -0.1) is 11.3 Å². The van der Waals surface area contributed by atoms with Crippen molar-refractivity contribution in [3.63, 3.8) is 0 Å². The largest absolute Gasteiger partial charge is 0.383 e. The third-order valence-corrected chi connectivity index (χ3v) is 6.65. The summed E-state index contributed by atoms with van der Waals surface area (Å²) in [5, 5.41) is 17.2. The lowest BCUT2D eigenvalue weighted by Gasteiger charge is -2.29. The minimum atomic E-state index is -0.922. The lowest BCUT2D eigenvalue weighted by Crippen LogP contribution is -2.46. The van der Waals surface area contributed by atoms with Gasteiger partial charge < -0.3 is 14.9 Å². The van der Waals surface area contributed by atoms with Gasteiger partial charge in [0.2, 0.25) is 5.13 Å². The minimum absolute atomic E-state index is 0.0680. The molecule has 0 radical (unpaired) electrons. The standard InChI is InChI=1S/C19H25N5O3S/c1-22(18(27)16(25)13-4-2-3-5-13)15-6-8-23(12-15)17(26)14-10-21-24(11-14)19-20-7-9-28-19/h7,9-11,13,15-16,25H,2-6,8,12H2,1H3. The first-order valence-electron chi connectivity index (χ1n) is 9.73. The van der Waals surface area contributed by atoms with Crippen LogP contribution < -0.4 is 0 Å². The molecule has 150 valence electrons. The Labute approximate surface area is 167 Å². The van der Waals surface area contributed by atoms with Gasteiger partial charge in [0.15, 0.2) is 0 Å². The number of aliphatic hydroxyl groups is 1. The van der Waals surface area contributed by atoms with E-state index >= 15 is 0 Å². The molecular formula is C19H25N5O3S. The van der Waals surface area contributed by atoms with Crippen molar-refractivity contribution in [2.45, 2.75) is 44.2 Å². The molecule has 28 heavy (non-hydrogen) atoms. The Morgan fingerprint density at radius 1 is 1.32 bits per heavy atom. The second kappa shape index (κ2) is 8.00. The van der Waals surface area contributed by atoms with Gasteiger partial charge in [-0.2, -0.15) is 5.10 Å². The van der Waals surface area contributed by atoms with Crippen LogP contribution in [0.4, 0.5) is 0 Å². The van der Waals surface area contributed by atoms with Gasteiger partial charge in [-0.25, -0.2) is 9.67 Å². The molecule has 0 spiro atoms. The van der Waals surface area contributed by atoms with Gasteiger partial charge in [-0.05, 0) is 25.2 Å². The molecule has 1 N–H and O–H groups in total. The molecule has 2 aromatic rings. The molecular weight excluding hydrogens is 378 g/mol. The van der Waals surface area contributed by atoms with E-state index in [-0.39, 0.29) is 23.8 Å². The maximum Gasteiger partial charge on any atom is 0.257 e. The van der Waals surface area contributed by atoms with Crippen molar-refractivity contribution < 1.29 is 14.7 Å². The highest BCUT2D eigenvalue weighted by Crippen LogP contribution is 2.29. The molecule has 2 fully saturated rings. The van der Waals surface area contributed by atoms with Crippen LogP contribution in [0.15, 0.2) is 24.0 Å². The molecule has 1 aliphatic heterocycles. The summed E-state index contributed by atoms with van der Waals surface area (Å²) in [5.74, 6) is -0.240. The van der Waals surface area contributed by atoms with Gasteiger partial charge in [-0.3, -0.25) is 9.59 Å². The number of rotatable bonds is 5. The van der Waals surface area contributed by atoms with Crippen molar-refractivity contribution in [3.05, 3.63) is 29.5 Å². The Kier molecular flexibility index (Phi) is 5.45. The molecule has 1 saturated heterocycles. The van der Waals surface area contributed by atoms with Gasteiger partial charge >= 0.3 is 0 Å². The number of likely N-dealkylation sites (tertiary alicyclic amines) is 1. The summed E-state index contributed by atoms with van der Waals surface area (Å²) in [5.41, 5.74) is 0.510. The fourth-order valence-corrected chi connectivity index (χ4v) is 4.73.